The smallest absolute Gasteiger partial charge is 0.0991 e. The Labute approximate surface area is 84.8 Å². The van der Waals surface area contributed by atoms with Crippen molar-refractivity contribution in [3.8, 4) is 6.07 Å². The summed E-state index contributed by atoms with van der Waals surface area (Å²) in [6, 6.07) is 9.63. The molecule has 2 heteroatoms. The zero-order valence-electron chi connectivity index (χ0n) is 8.40. The van der Waals surface area contributed by atoms with Gasteiger partial charge in [-0.15, -0.1) is 0 Å². The van der Waals surface area contributed by atoms with Crippen LogP contribution in [0.2, 0.25) is 0 Å². The molecule has 0 unspecified atom stereocenters. The predicted molar refractivity (Wildman–Crippen MR) is 55.7 cm³/mol. The molecule has 14 heavy (non-hydrogen) atoms. The van der Waals surface area contributed by atoms with Gasteiger partial charge in [0.05, 0.1) is 11.6 Å². The molecule has 0 bridgehead atoms. The standard InChI is InChI=1S/C12H15NO/c1-2-10(9-14)7-11-3-5-12(8-13)6-4-11/h3-6,10,14H,2,7,9H2,1H3/t10-/m0/s1. The monoisotopic (exact) mass is 189 g/mol. The SMILES string of the molecule is CC[C@H](CO)Cc1ccc(C#N)cc1. The third-order valence-electron chi connectivity index (χ3n) is 2.44. The molecular weight excluding hydrogens is 174 g/mol. The summed E-state index contributed by atoms with van der Waals surface area (Å²) in [6.07, 6.45) is 1.87. The number of benzene rings is 1. The van der Waals surface area contributed by atoms with Crippen molar-refractivity contribution in [2.24, 2.45) is 5.92 Å². The van der Waals surface area contributed by atoms with E-state index in [9.17, 15) is 0 Å². The summed E-state index contributed by atoms with van der Waals surface area (Å²) in [7, 11) is 0. The maximum Gasteiger partial charge on any atom is 0.0991 e. The van der Waals surface area contributed by atoms with Crippen LogP contribution in [-0.2, 0) is 6.42 Å². The third-order valence-corrected chi connectivity index (χ3v) is 2.44. The first-order chi connectivity index (χ1) is 6.80. The van der Waals surface area contributed by atoms with E-state index in [1.807, 2.05) is 24.3 Å². The molecule has 0 heterocycles. The van der Waals surface area contributed by atoms with Gasteiger partial charge in [-0.3, -0.25) is 0 Å². The van der Waals surface area contributed by atoms with Gasteiger partial charge in [0.15, 0.2) is 0 Å². The van der Waals surface area contributed by atoms with Crippen LogP contribution in [-0.4, -0.2) is 11.7 Å². The fourth-order valence-electron chi connectivity index (χ4n) is 1.39. The van der Waals surface area contributed by atoms with Gasteiger partial charge in [0.2, 0.25) is 0 Å². The second-order valence-corrected chi connectivity index (χ2v) is 3.47. The van der Waals surface area contributed by atoms with Gasteiger partial charge >= 0.3 is 0 Å². The van der Waals surface area contributed by atoms with Crippen LogP contribution in [0.15, 0.2) is 24.3 Å². The van der Waals surface area contributed by atoms with Gasteiger partial charge in [-0.05, 0) is 30.0 Å². The summed E-state index contributed by atoms with van der Waals surface area (Å²) in [5, 5.41) is 17.6. The Hall–Kier alpha value is -1.33. The van der Waals surface area contributed by atoms with Gasteiger partial charge in [-0.25, -0.2) is 0 Å². The Morgan fingerprint density at radius 1 is 1.36 bits per heavy atom. The summed E-state index contributed by atoms with van der Waals surface area (Å²) in [5.74, 6) is 0.336. The second kappa shape index (κ2) is 5.41. The first-order valence-corrected chi connectivity index (χ1v) is 4.90. The molecule has 0 fully saturated rings. The minimum atomic E-state index is 0.233. The molecule has 0 radical (unpaired) electrons. The van der Waals surface area contributed by atoms with E-state index in [2.05, 4.69) is 13.0 Å². The molecule has 1 atom stereocenters. The lowest BCUT2D eigenvalue weighted by molar-refractivity contribution is 0.222. The molecule has 1 rings (SSSR count). The lowest BCUT2D eigenvalue weighted by atomic mass is 9.97. The van der Waals surface area contributed by atoms with Crippen LogP contribution < -0.4 is 0 Å². The first kappa shape index (κ1) is 10.7. The summed E-state index contributed by atoms with van der Waals surface area (Å²) in [5.41, 5.74) is 1.87. The molecular formula is C12H15NO. The van der Waals surface area contributed by atoms with E-state index < -0.39 is 0 Å². The van der Waals surface area contributed by atoms with E-state index in [-0.39, 0.29) is 6.61 Å². The molecule has 0 spiro atoms. The van der Waals surface area contributed by atoms with Crippen LogP contribution >= 0.6 is 0 Å². The Kier molecular flexibility index (Phi) is 4.15. The van der Waals surface area contributed by atoms with Crippen LogP contribution in [0.1, 0.15) is 24.5 Å². The van der Waals surface area contributed by atoms with Gasteiger partial charge in [0.1, 0.15) is 0 Å². The van der Waals surface area contributed by atoms with Crippen LogP contribution in [0.5, 0.6) is 0 Å². The summed E-state index contributed by atoms with van der Waals surface area (Å²) < 4.78 is 0. The number of hydrogen-bond acceptors (Lipinski definition) is 2. The van der Waals surface area contributed by atoms with Crippen molar-refractivity contribution in [3.63, 3.8) is 0 Å². The Morgan fingerprint density at radius 3 is 2.43 bits per heavy atom. The third kappa shape index (κ3) is 2.86. The molecule has 2 nitrogen and oxygen atoms in total. The number of aliphatic hydroxyl groups excluding tert-OH is 1. The van der Waals surface area contributed by atoms with E-state index in [1.165, 1.54) is 5.56 Å². The van der Waals surface area contributed by atoms with Crippen LogP contribution in [0.3, 0.4) is 0 Å². The molecule has 0 saturated heterocycles. The van der Waals surface area contributed by atoms with Crippen LogP contribution in [0.25, 0.3) is 0 Å². The Bertz CT molecular complexity index is 306. The minimum absolute atomic E-state index is 0.233. The molecule has 0 amide bonds. The predicted octanol–water partition coefficient (Wildman–Crippen LogP) is 2.12. The highest BCUT2D eigenvalue weighted by Crippen LogP contribution is 2.12. The lowest BCUT2D eigenvalue weighted by Gasteiger charge is -2.10. The second-order valence-electron chi connectivity index (χ2n) is 3.47. The summed E-state index contributed by atoms with van der Waals surface area (Å²) in [6.45, 7) is 2.31. The fraction of sp³-hybridized carbons (Fsp3) is 0.417. The van der Waals surface area contributed by atoms with E-state index in [0.29, 0.717) is 11.5 Å². The summed E-state index contributed by atoms with van der Waals surface area (Å²) >= 11 is 0. The van der Waals surface area contributed by atoms with Gasteiger partial charge < -0.3 is 5.11 Å². The van der Waals surface area contributed by atoms with Crippen molar-refractivity contribution < 1.29 is 5.11 Å². The molecule has 1 aromatic carbocycles. The van der Waals surface area contributed by atoms with Crippen molar-refractivity contribution in [1.29, 1.82) is 5.26 Å². The van der Waals surface area contributed by atoms with Crippen molar-refractivity contribution in [2.45, 2.75) is 19.8 Å². The van der Waals surface area contributed by atoms with Gasteiger partial charge in [0, 0.05) is 6.61 Å². The van der Waals surface area contributed by atoms with Crippen LogP contribution in [0, 0.1) is 17.2 Å². The van der Waals surface area contributed by atoms with E-state index >= 15 is 0 Å². The Morgan fingerprint density at radius 2 is 2.00 bits per heavy atom. The maximum absolute atomic E-state index is 9.04. The minimum Gasteiger partial charge on any atom is -0.396 e. The highest BCUT2D eigenvalue weighted by Gasteiger charge is 2.05. The molecule has 0 aliphatic carbocycles. The van der Waals surface area contributed by atoms with Crippen molar-refractivity contribution >= 4 is 0 Å². The quantitative estimate of drug-likeness (QED) is 0.788. The molecule has 0 aliphatic rings. The number of rotatable bonds is 4. The summed E-state index contributed by atoms with van der Waals surface area (Å²) in [4.78, 5) is 0. The van der Waals surface area contributed by atoms with Crippen molar-refractivity contribution in [3.05, 3.63) is 35.4 Å². The van der Waals surface area contributed by atoms with E-state index in [0.717, 1.165) is 12.8 Å². The largest absolute Gasteiger partial charge is 0.396 e. The van der Waals surface area contributed by atoms with E-state index in [4.69, 9.17) is 10.4 Å². The molecule has 0 aliphatic heterocycles. The highest BCUT2D eigenvalue weighted by atomic mass is 16.3. The van der Waals surface area contributed by atoms with Gasteiger partial charge in [0.25, 0.3) is 0 Å². The number of nitriles is 1. The van der Waals surface area contributed by atoms with E-state index in [1.54, 1.807) is 0 Å². The molecule has 74 valence electrons. The van der Waals surface area contributed by atoms with Crippen LogP contribution in [0.4, 0.5) is 0 Å². The molecule has 1 aromatic rings. The lowest BCUT2D eigenvalue weighted by Crippen LogP contribution is -2.07. The molecule has 0 aromatic heterocycles. The van der Waals surface area contributed by atoms with Gasteiger partial charge in [-0.2, -0.15) is 5.26 Å². The van der Waals surface area contributed by atoms with Crippen molar-refractivity contribution in [2.75, 3.05) is 6.61 Å². The average molecular weight is 189 g/mol. The number of nitrogens with zero attached hydrogens (tertiary/aromatic N) is 1. The highest BCUT2D eigenvalue weighted by molar-refractivity contribution is 5.31. The first-order valence-electron chi connectivity index (χ1n) is 4.90. The maximum atomic E-state index is 9.04. The zero-order valence-corrected chi connectivity index (χ0v) is 8.40. The zero-order chi connectivity index (χ0) is 10.4. The molecule has 0 saturated carbocycles. The van der Waals surface area contributed by atoms with Crippen molar-refractivity contribution in [1.82, 2.24) is 0 Å². The van der Waals surface area contributed by atoms with Gasteiger partial charge in [-0.1, -0.05) is 25.5 Å². The average Bonchev–Trinajstić information content (AvgIpc) is 2.26. The Balaban J connectivity index is 2.64. The topological polar surface area (TPSA) is 44.0 Å². The fourth-order valence-corrected chi connectivity index (χ4v) is 1.39. The molecule has 1 N–H and O–H groups in total. The normalized spacial score (nSPS) is 12.1. The number of hydrogen-bond donors (Lipinski definition) is 1. The number of aliphatic hydroxyl groups is 1.